The molecule has 104 valence electrons. The van der Waals surface area contributed by atoms with Gasteiger partial charge in [-0.25, -0.2) is 4.79 Å². The van der Waals surface area contributed by atoms with Crippen molar-refractivity contribution in [2.24, 2.45) is 11.3 Å². The van der Waals surface area contributed by atoms with E-state index in [2.05, 4.69) is 26.1 Å². The van der Waals surface area contributed by atoms with E-state index in [1.807, 2.05) is 12.1 Å². The molecule has 0 aromatic heterocycles. The first kappa shape index (κ1) is 13.9. The van der Waals surface area contributed by atoms with Gasteiger partial charge in [-0.15, -0.1) is 0 Å². The molecule has 0 spiro atoms. The summed E-state index contributed by atoms with van der Waals surface area (Å²) >= 11 is 0. The number of aromatic carboxylic acids is 1. The summed E-state index contributed by atoms with van der Waals surface area (Å²) in [6.45, 7) is 6.87. The highest BCUT2D eigenvalue weighted by molar-refractivity contribution is 5.94. The lowest BCUT2D eigenvalue weighted by molar-refractivity contribution is 0.0697. The number of nitrogens with one attached hydrogen (secondary N) is 1. The monoisotopic (exact) mass is 261 g/mol. The van der Waals surface area contributed by atoms with Gasteiger partial charge in [-0.3, -0.25) is 0 Å². The second-order valence-electron chi connectivity index (χ2n) is 6.49. The van der Waals surface area contributed by atoms with Crippen molar-refractivity contribution < 1.29 is 9.90 Å². The van der Waals surface area contributed by atoms with Crippen LogP contribution in [-0.2, 0) is 0 Å². The minimum Gasteiger partial charge on any atom is -0.478 e. The average molecular weight is 261 g/mol. The van der Waals surface area contributed by atoms with E-state index >= 15 is 0 Å². The van der Waals surface area contributed by atoms with Crippen LogP contribution in [0.25, 0.3) is 0 Å². The van der Waals surface area contributed by atoms with E-state index in [0.29, 0.717) is 22.9 Å². The molecule has 3 nitrogen and oxygen atoms in total. The SMILES string of the molecule is CC1CC(C)(C)CCC1Nc1ccccc1C(=O)O. The molecular formula is C16H23NO2. The first-order valence-electron chi connectivity index (χ1n) is 6.98. The highest BCUT2D eigenvalue weighted by Gasteiger charge is 2.32. The van der Waals surface area contributed by atoms with Crippen LogP contribution in [0.3, 0.4) is 0 Å². The second-order valence-corrected chi connectivity index (χ2v) is 6.49. The van der Waals surface area contributed by atoms with Gasteiger partial charge in [0.1, 0.15) is 0 Å². The molecule has 0 bridgehead atoms. The minimum atomic E-state index is -0.869. The summed E-state index contributed by atoms with van der Waals surface area (Å²) in [6.07, 6.45) is 3.46. The quantitative estimate of drug-likeness (QED) is 0.864. The van der Waals surface area contributed by atoms with Crippen molar-refractivity contribution in [3.8, 4) is 0 Å². The molecule has 1 saturated carbocycles. The number of hydrogen-bond acceptors (Lipinski definition) is 2. The molecule has 19 heavy (non-hydrogen) atoms. The van der Waals surface area contributed by atoms with Crippen LogP contribution in [0.15, 0.2) is 24.3 Å². The van der Waals surface area contributed by atoms with Crippen LogP contribution in [0, 0.1) is 11.3 Å². The summed E-state index contributed by atoms with van der Waals surface area (Å²) < 4.78 is 0. The van der Waals surface area contributed by atoms with Crippen molar-refractivity contribution in [3.63, 3.8) is 0 Å². The van der Waals surface area contributed by atoms with Crippen molar-refractivity contribution in [1.82, 2.24) is 0 Å². The maximum absolute atomic E-state index is 11.2. The van der Waals surface area contributed by atoms with Crippen LogP contribution in [0.4, 0.5) is 5.69 Å². The number of carboxylic acids is 1. The number of para-hydroxylation sites is 1. The molecule has 2 atom stereocenters. The van der Waals surface area contributed by atoms with Crippen LogP contribution < -0.4 is 5.32 Å². The summed E-state index contributed by atoms with van der Waals surface area (Å²) in [7, 11) is 0. The Bertz CT molecular complexity index is 468. The van der Waals surface area contributed by atoms with Gasteiger partial charge in [0.15, 0.2) is 0 Å². The Balaban J connectivity index is 2.12. The molecule has 0 amide bonds. The van der Waals surface area contributed by atoms with Gasteiger partial charge in [0.2, 0.25) is 0 Å². The van der Waals surface area contributed by atoms with Crippen LogP contribution in [-0.4, -0.2) is 17.1 Å². The van der Waals surface area contributed by atoms with Gasteiger partial charge in [0, 0.05) is 11.7 Å². The molecule has 3 heteroatoms. The lowest BCUT2D eigenvalue weighted by Gasteiger charge is -2.40. The van der Waals surface area contributed by atoms with Crippen LogP contribution in [0.5, 0.6) is 0 Å². The van der Waals surface area contributed by atoms with Crippen molar-refractivity contribution in [2.45, 2.75) is 46.1 Å². The molecule has 1 aliphatic carbocycles. The zero-order valence-corrected chi connectivity index (χ0v) is 11.9. The Kier molecular flexibility index (Phi) is 3.83. The van der Waals surface area contributed by atoms with Gasteiger partial charge >= 0.3 is 5.97 Å². The van der Waals surface area contributed by atoms with E-state index in [1.165, 1.54) is 12.8 Å². The smallest absolute Gasteiger partial charge is 0.337 e. The number of carbonyl (C=O) groups is 1. The van der Waals surface area contributed by atoms with Crippen molar-refractivity contribution in [1.29, 1.82) is 0 Å². The third-order valence-corrected chi connectivity index (χ3v) is 4.19. The number of anilines is 1. The zero-order valence-electron chi connectivity index (χ0n) is 11.9. The third kappa shape index (κ3) is 3.28. The molecule has 0 saturated heterocycles. The molecule has 1 fully saturated rings. The number of rotatable bonds is 3. The van der Waals surface area contributed by atoms with E-state index < -0.39 is 5.97 Å². The highest BCUT2D eigenvalue weighted by atomic mass is 16.4. The molecular weight excluding hydrogens is 238 g/mol. The van der Waals surface area contributed by atoms with Crippen molar-refractivity contribution in [2.75, 3.05) is 5.32 Å². The summed E-state index contributed by atoms with van der Waals surface area (Å²) in [6, 6.07) is 7.53. The van der Waals surface area contributed by atoms with E-state index in [9.17, 15) is 9.90 Å². The fourth-order valence-electron chi connectivity index (χ4n) is 3.16. The van der Waals surface area contributed by atoms with E-state index in [4.69, 9.17) is 0 Å². The molecule has 2 unspecified atom stereocenters. The Morgan fingerprint density at radius 3 is 2.68 bits per heavy atom. The summed E-state index contributed by atoms with van der Waals surface area (Å²) in [5, 5.41) is 12.6. The van der Waals surface area contributed by atoms with Gasteiger partial charge in [-0.05, 0) is 42.7 Å². The fourth-order valence-corrected chi connectivity index (χ4v) is 3.16. The molecule has 2 rings (SSSR count). The molecule has 2 N–H and O–H groups in total. The highest BCUT2D eigenvalue weighted by Crippen LogP contribution is 2.39. The third-order valence-electron chi connectivity index (χ3n) is 4.19. The van der Waals surface area contributed by atoms with Gasteiger partial charge in [0.05, 0.1) is 5.56 Å². The Hall–Kier alpha value is -1.51. The second kappa shape index (κ2) is 5.24. The largest absolute Gasteiger partial charge is 0.478 e. The lowest BCUT2D eigenvalue weighted by atomic mass is 9.70. The number of carboxylic acid groups (broad SMARTS) is 1. The number of benzene rings is 1. The van der Waals surface area contributed by atoms with E-state index in [0.717, 1.165) is 12.1 Å². The van der Waals surface area contributed by atoms with Gasteiger partial charge in [-0.1, -0.05) is 32.9 Å². The minimum absolute atomic E-state index is 0.361. The maximum atomic E-state index is 11.2. The zero-order chi connectivity index (χ0) is 14.0. The normalized spacial score (nSPS) is 25.8. The van der Waals surface area contributed by atoms with Gasteiger partial charge < -0.3 is 10.4 Å². The molecule has 1 aliphatic rings. The van der Waals surface area contributed by atoms with Gasteiger partial charge in [-0.2, -0.15) is 0 Å². The van der Waals surface area contributed by atoms with Gasteiger partial charge in [0.25, 0.3) is 0 Å². The standard InChI is InChI=1S/C16H23NO2/c1-11-10-16(2,3)9-8-13(11)17-14-7-5-4-6-12(14)15(18)19/h4-7,11,13,17H,8-10H2,1-3H3,(H,18,19). The Labute approximate surface area is 115 Å². The average Bonchev–Trinajstić information content (AvgIpc) is 2.32. The first-order valence-corrected chi connectivity index (χ1v) is 6.98. The summed E-state index contributed by atoms with van der Waals surface area (Å²) in [4.78, 5) is 11.2. The lowest BCUT2D eigenvalue weighted by Crippen LogP contribution is -2.37. The predicted octanol–water partition coefficient (Wildman–Crippen LogP) is 4.01. The van der Waals surface area contributed by atoms with Crippen LogP contribution in [0.1, 0.15) is 50.4 Å². The van der Waals surface area contributed by atoms with Crippen LogP contribution in [0.2, 0.25) is 0 Å². The predicted molar refractivity (Wildman–Crippen MR) is 77.6 cm³/mol. The summed E-state index contributed by atoms with van der Waals surface area (Å²) in [5.74, 6) is -0.308. The first-order chi connectivity index (χ1) is 8.89. The molecule has 1 aromatic rings. The number of hydrogen-bond donors (Lipinski definition) is 2. The maximum Gasteiger partial charge on any atom is 0.337 e. The van der Waals surface area contributed by atoms with E-state index in [-0.39, 0.29) is 0 Å². The van der Waals surface area contributed by atoms with Crippen molar-refractivity contribution >= 4 is 11.7 Å². The van der Waals surface area contributed by atoms with E-state index in [1.54, 1.807) is 12.1 Å². The van der Waals surface area contributed by atoms with Crippen molar-refractivity contribution in [3.05, 3.63) is 29.8 Å². The molecule has 0 heterocycles. The topological polar surface area (TPSA) is 49.3 Å². The summed E-state index contributed by atoms with van der Waals surface area (Å²) in [5.41, 5.74) is 1.51. The Morgan fingerprint density at radius 2 is 2.05 bits per heavy atom. The fraction of sp³-hybridized carbons (Fsp3) is 0.562. The molecule has 1 aromatic carbocycles. The van der Waals surface area contributed by atoms with Crippen LogP contribution >= 0.6 is 0 Å². The molecule has 0 radical (unpaired) electrons. The molecule has 0 aliphatic heterocycles. The Morgan fingerprint density at radius 1 is 1.37 bits per heavy atom.